The number of amides is 1. The molecule has 6 nitrogen and oxygen atoms in total. The third kappa shape index (κ3) is 2.80. The van der Waals surface area contributed by atoms with Gasteiger partial charge in [0.25, 0.3) is 0 Å². The molecule has 0 unspecified atom stereocenters. The first-order valence-electron chi connectivity index (χ1n) is 7.92. The SMILES string of the molecule is CCCSc1ncc([C@H]2CC(=O)NCc3nc4sccn4c32)cn1. The highest BCUT2D eigenvalue weighted by Crippen LogP contribution is 2.34. The van der Waals surface area contributed by atoms with Crippen LogP contribution in [0, 0.1) is 0 Å². The zero-order valence-electron chi connectivity index (χ0n) is 13.2. The van der Waals surface area contributed by atoms with Crippen LogP contribution in [0.2, 0.25) is 0 Å². The highest BCUT2D eigenvalue weighted by molar-refractivity contribution is 7.99. The van der Waals surface area contributed by atoms with E-state index in [1.807, 2.05) is 24.0 Å². The van der Waals surface area contributed by atoms with E-state index in [0.717, 1.165) is 39.2 Å². The van der Waals surface area contributed by atoms with E-state index in [9.17, 15) is 4.79 Å². The summed E-state index contributed by atoms with van der Waals surface area (Å²) < 4.78 is 2.09. The molecule has 0 saturated carbocycles. The van der Waals surface area contributed by atoms with Gasteiger partial charge in [0, 0.05) is 42.1 Å². The Morgan fingerprint density at radius 3 is 3.04 bits per heavy atom. The van der Waals surface area contributed by atoms with Crippen molar-refractivity contribution in [3.63, 3.8) is 0 Å². The molecule has 1 aliphatic rings. The van der Waals surface area contributed by atoms with Gasteiger partial charge in [0.2, 0.25) is 5.91 Å². The molecule has 1 amide bonds. The molecule has 0 fully saturated rings. The van der Waals surface area contributed by atoms with E-state index in [1.54, 1.807) is 23.1 Å². The maximum atomic E-state index is 12.1. The molecule has 0 radical (unpaired) electrons. The van der Waals surface area contributed by atoms with Gasteiger partial charge in [-0.15, -0.1) is 11.3 Å². The zero-order valence-corrected chi connectivity index (χ0v) is 14.9. The Morgan fingerprint density at radius 2 is 2.25 bits per heavy atom. The van der Waals surface area contributed by atoms with Gasteiger partial charge in [0.05, 0.1) is 17.9 Å². The summed E-state index contributed by atoms with van der Waals surface area (Å²) in [6.45, 7) is 2.61. The molecular formula is C16H17N5OS2. The maximum Gasteiger partial charge on any atom is 0.221 e. The number of thiazole rings is 1. The average molecular weight is 359 g/mol. The molecule has 4 rings (SSSR count). The second-order valence-electron chi connectivity index (χ2n) is 5.68. The van der Waals surface area contributed by atoms with Crippen molar-refractivity contribution in [2.75, 3.05) is 5.75 Å². The minimum absolute atomic E-state index is 0.0337. The lowest BCUT2D eigenvalue weighted by Gasteiger charge is -2.14. The van der Waals surface area contributed by atoms with Crippen molar-refractivity contribution in [1.29, 1.82) is 0 Å². The molecule has 3 aromatic heterocycles. The van der Waals surface area contributed by atoms with Crippen LogP contribution in [0.3, 0.4) is 0 Å². The van der Waals surface area contributed by atoms with E-state index >= 15 is 0 Å². The number of imidazole rings is 1. The quantitative estimate of drug-likeness (QED) is 0.573. The molecule has 24 heavy (non-hydrogen) atoms. The van der Waals surface area contributed by atoms with Gasteiger partial charge in [-0.25, -0.2) is 15.0 Å². The fourth-order valence-corrected chi connectivity index (χ4v) is 4.31. The standard InChI is InChI=1S/C16H17N5OS2/c1-2-4-23-15-18-7-10(8-19-15)11-6-13(22)17-9-12-14(11)21-3-5-24-16(21)20-12/h3,5,7-8,11H,2,4,6,9H2,1H3,(H,17,22)/t11-/m1/s1. The number of fused-ring (bicyclic) bond motifs is 3. The predicted octanol–water partition coefficient (Wildman–Crippen LogP) is 2.84. The van der Waals surface area contributed by atoms with Crippen molar-refractivity contribution in [1.82, 2.24) is 24.7 Å². The van der Waals surface area contributed by atoms with Crippen molar-refractivity contribution in [2.45, 2.75) is 37.4 Å². The smallest absolute Gasteiger partial charge is 0.221 e. The minimum Gasteiger partial charge on any atom is -0.350 e. The first-order valence-corrected chi connectivity index (χ1v) is 9.78. The molecule has 124 valence electrons. The molecule has 3 aromatic rings. The second-order valence-corrected chi connectivity index (χ2v) is 7.62. The molecular weight excluding hydrogens is 342 g/mol. The molecule has 0 spiro atoms. The fourth-order valence-electron chi connectivity index (χ4n) is 2.93. The van der Waals surface area contributed by atoms with E-state index in [2.05, 4.69) is 31.6 Å². The molecule has 4 heterocycles. The van der Waals surface area contributed by atoms with E-state index in [4.69, 9.17) is 0 Å². The first-order chi connectivity index (χ1) is 11.8. The van der Waals surface area contributed by atoms with Crippen LogP contribution in [0.4, 0.5) is 0 Å². The fraction of sp³-hybridized carbons (Fsp3) is 0.375. The van der Waals surface area contributed by atoms with Gasteiger partial charge in [-0.2, -0.15) is 0 Å². The number of nitrogens with one attached hydrogen (secondary N) is 1. The Kier molecular flexibility index (Phi) is 4.24. The van der Waals surface area contributed by atoms with Gasteiger partial charge in [0.15, 0.2) is 10.1 Å². The van der Waals surface area contributed by atoms with Gasteiger partial charge in [-0.3, -0.25) is 9.20 Å². The van der Waals surface area contributed by atoms with Crippen LogP contribution >= 0.6 is 23.1 Å². The summed E-state index contributed by atoms with van der Waals surface area (Å²) in [4.78, 5) is 26.7. The summed E-state index contributed by atoms with van der Waals surface area (Å²) in [6.07, 6.45) is 7.20. The largest absolute Gasteiger partial charge is 0.350 e. The number of nitrogens with zero attached hydrogens (tertiary/aromatic N) is 4. The topological polar surface area (TPSA) is 72.2 Å². The lowest BCUT2D eigenvalue weighted by Crippen LogP contribution is -2.21. The van der Waals surface area contributed by atoms with Gasteiger partial charge in [-0.05, 0) is 12.0 Å². The molecule has 1 atom stereocenters. The summed E-state index contributed by atoms with van der Waals surface area (Å²) in [7, 11) is 0. The molecule has 0 aromatic carbocycles. The molecule has 0 bridgehead atoms. The zero-order chi connectivity index (χ0) is 16.5. The van der Waals surface area contributed by atoms with Crippen LogP contribution in [0.5, 0.6) is 0 Å². The van der Waals surface area contributed by atoms with E-state index in [-0.39, 0.29) is 11.8 Å². The predicted molar refractivity (Wildman–Crippen MR) is 94.4 cm³/mol. The normalized spacial score (nSPS) is 17.5. The Labute approximate surface area is 147 Å². The van der Waals surface area contributed by atoms with E-state index < -0.39 is 0 Å². The molecule has 0 aliphatic carbocycles. The first kappa shape index (κ1) is 15.6. The van der Waals surface area contributed by atoms with Crippen molar-refractivity contribution in [3.05, 3.63) is 40.9 Å². The van der Waals surface area contributed by atoms with E-state index in [0.29, 0.717) is 13.0 Å². The molecule has 1 aliphatic heterocycles. The Balaban J connectivity index is 1.74. The highest BCUT2D eigenvalue weighted by Gasteiger charge is 2.29. The molecule has 0 saturated heterocycles. The minimum atomic E-state index is -0.0719. The van der Waals surface area contributed by atoms with Crippen molar-refractivity contribution < 1.29 is 4.79 Å². The summed E-state index contributed by atoms with van der Waals surface area (Å²) in [5.41, 5.74) is 2.96. The Morgan fingerprint density at radius 1 is 1.42 bits per heavy atom. The lowest BCUT2D eigenvalue weighted by atomic mass is 9.94. The lowest BCUT2D eigenvalue weighted by molar-refractivity contribution is -0.121. The molecule has 8 heteroatoms. The molecule has 1 N–H and O–H groups in total. The van der Waals surface area contributed by atoms with Crippen LogP contribution in [0.15, 0.2) is 29.1 Å². The highest BCUT2D eigenvalue weighted by atomic mass is 32.2. The van der Waals surface area contributed by atoms with Crippen molar-refractivity contribution in [2.24, 2.45) is 0 Å². The second kappa shape index (κ2) is 6.52. The van der Waals surface area contributed by atoms with Gasteiger partial charge in [0.1, 0.15) is 0 Å². The van der Waals surface area contributed by atoms with E-state index in [1.165, 1.54) is 0 Å². The third-order valence-corrected chi connectivity index (χ3v) is 5.87. The van der Waals surface area contributed by atoms with Crippen LogP contribution in [0.1, 0.15) is 42.6 Å². The number of rotatable bonds is 4. The van der Waals surface area contributed by atoms with Crippen LogP contribution in [-0.2, 0) is 11.3 Å². The summed E-state index contributed by atoms with van der Waals surface area (Å²) in [5, 5.41) is 5.74. The van der Waals surface area contributed by atoms with Crippen LogP contribution in [0.25, 0.3) is 4.96 Å². The van der Waals surface area contributed by atoms with Gasteiger partial charge >= 0.3 is 0 Å². The monoisotopic (exact) mass is 359 g/mol. The number of aromatic nitrogens is 4. The van der Waals surface area contributed by atoms with Crippen LogP contribution < -0.4 is 5.32 Å². The number of carbonyl (C=O) groups excluding carboxylic acids is 1. The number of carbonyl (C=O) groups is 1. The summed E-state index contributed by atoms with van der Waals surface area (Å²) >= 11 is 3.26. The number of thioether (sulfide) groups is 1. The Bertz CT molecular complexity index is 870. The summed E-state index contributed by atoms with van der Waals surface area (Å²) in [6, 6.07) is 0. The maximum absolute atomic E-state index is 12.1. The van der Waals surface area contributed by atoms with Crippen molar-refractivity contribution >= 4 is 34.0 Å². The average Bonchev–Trinajstić information content (AvgIpc) is 3.13. The van der Waals surface area contributed by atoms with Gasteiger partial charge < -0.3 is 5.32 Å². The Hall–Kier alpha value is -1.93. The summed E-state index contributed by atoms with van der Waals surface area (Å²) in [5.74, 6) is 0.969. The number of hydrogen-bond donors (Lipinski definition) is 1. The van der Waals surface area contributed by atoms with Gasteiger partial charge in [-0.1, -0.05) is 18.7 Å². The third-order valence-electron chi connectivity index (χ3n) is 4.03. The van der Waals surface area contributed by atoms with Crippen LogP contribution in [-0.4, -0.2) is 31.0 Å². The van der Waals surface area contributed by atoms with Crippen molar-refractivity contribution in [3.8, 4) is 0 Å². The number of hydrogen-bond acceptors (Lipinski definition) is 6.